The Morgan fingerprint density at radius 3 is 2.70 bits per heavy atom. The summed E-state index contributed by atoms with van der Waals surface area (Å²) in [5, 5.41) is 3.00. The molecular weight excluding hydrogens is 290 g/mol. The number of rotatable bonds is 7. The minimum absolute atomic E-state index is 0.0359. The van der Waals surface area contributed by atoms with Gasteiger partial charge in [0.1, 0.15) is 11.4 Å². The van der Waals surface area contributed by atoms with Crippen molar-refractivity contribution in [2.75, 3.05) is 19.0 Å². The highest BCUT2D eigenvalue weighted by Crippen LogP contribution is 2.35. The van der Waals surface area contributed by atoms with Crippen LogP contribution in [0.15, 0.2) is 24.3 Å². The minimum Gasteiger partial charge on any atom is -0.494 e. The number of anilines is 1. The van der Waals surface area contributed by atoms with Crippen LogP contribution in [-0.4, -0.2) is 25.2 Å². The lowest BCUT2D eigenvalue weighted by Gasteiger charge is -2.37. The van der Waals surface area contributed by atoms with Gasteiger partial charge in [0, 0.05) is 12.8 Å². The second kappa shape index (κ2) is 8.34. The van der Waals surface area contributed by atoms with Crippen molar-refractivity contribution in [2.24, 2.45) is 5.92 Å². The molecule has 0 heterocycles. The first-order valence-electron chi connectivity index (χ1n) is 8.69. The van der Waals surface area contributed by atoms with Gasteiger partial charge in [-0.2, -0.15) is 0 Å². The molecule has 1 N–H and O–H groups in total. The third-order valence-corrected chi connectivity index (χ3v) is 4.64. The third-order valence-electron chi connectivity index (χ3n) is 4.64. The highest BCUT2D eigenvalue weighted by molar-refractivity contribution is 5.97. The van der Waals surface area contributed by atoms with Crippen molar-refractivity contribution >= 4 is 11.6 Å². The van der Waals surface area contributed by atoms with Gasteiger partial charge in [-0.15, -0.1) is 0 Å². The van der Waals surface area contributed by atoms with Crippen LogP contribution in [0.1, 0.15) is 52.4 Å². The quantitative estimate of drug-likeness (QED) is 0.758. The van der Waals surface area contributed by atoms with Gasteiger partial charge >= 0.3 is 0 Å². The fraction of sp³-hybridized carbons (Fsp3) is 0.632. The number of nitrogens with one attached hydrogen (secondary N) is 1. The number of amides is 1. The summed E-state index contributed by atoms with van der Waals surface area (Å²) in [5.74, 6) is 1.32. The van der Waals surface area contributed by atoms with Gasteiger partial charge in [0.25, 0.3) is 5.91 Å². The van der Waals surface area contributed by atoms with Gasteiger partial charge in [-0.1, -0.05) is 26.7 Å². The van der Waals surface area contributed by atoms with Crippen LogP contribution < -0.4 is 10.1 Å². The molecule has 0 unspecified atom stereocenters. The Balaban J connectivity index is 1.96. The summed E-state index contributed by atoms with van der Waals surface area (Å²) in [6, 6.07) is 7.56. The molecule has 128 valence electrons. The van der Waals surface area contributed by atoms with Crippen LogP contribution in [0.3, 0.4) is 0 Å². The van der Waals surface area contributed by atoms with Gasteiger partial charge in [0.15, 0.2) is 0 Å². The first-order chi connectivity index (χ1) is 11.1. The number of carbonyl (C=O) groups is 1. The number of hydrogen-bond acceptors (Lipinski definition) is 3. The molecule has 1 aromatic carbocycles. The smallest absolute Gasteiger partial charge is 0.256 e. The highest BCUT2D eigenvalue weighted by atomic mass is 16.5. The Labute approximate surface area is 139 Å². The molecule has 1 fully saturated rings. The summed E-state index contributed by atoms with van der Waals surface area (Å²) in [4.78, 5) is 12.7. The molecule has 1 aliphatic carbocycles. The molecule has 1 aromatic rings. The predicted octanol–water partition coefficient (Wildman–Crippen LogP) is 4.40. The molecule has 0 spiro atoms. The van der Waals surface area contributed by atoms with Gasteiger partial charge in [-0.3, -0.25) is 4.79 Å². The maximum absolute atomic E-state index is 12.7. The van der Waals surface area contributed by atoms with Gasteiger partial charge in [-0.25, -0.2) is 0 Å². The van der Waals surface area contributed by atoms with Crippen LogP contribution in [0.5, 0.6) is 5.75 Å². The van der Waals surface area contributed by atoms with E-state index in [0.29, 0.717) is 5.92 Å². The monoisotopic (exact) mass is 319 g/mol. The number of ether oxygens (including phenoxy) is 2. The summed E-state index contributed by atoms with van der Waals surface area (Å²) < 4.78 is 11.3. The van der Waals surface area contributed by atoms with Gasteiger partial charge in [0.2, 0.25) is 0 Å². The average Bonchev–Trinajstić information content (AvgIpc) is 2.56. The topological polar surface area (TPSA) is 47.6 Å². The first kappa shape index (κ1) is 17.8. The molecule has 0 aromatic heterocycles. The highest BCUT2D eigenvalue weighted by Gasteiger charge is 2.41. The van der Waals surface area contributed by atoms with Crippen molar-refractivity contribution in [1.29, 1.82) is 0 Å². The standard InChI is InChI=1S/C19H29NO3/c1-4-5-13-23-17-10-8-16(9-11-17)20-18(21)19(22-3)12-6-7-15(2)14-19/h8-11,15H,4-7,12-14H2,1-3H3,(H,20,21)/t15-,19+/m0/s1. The summed E-state index contributed by atoms with van der Waals surface area (Å²) >= 11 is 0. The van der Waals surface area contributed by atoms with Crippen molar-refractivity contribution in [1.82, 2.24) is 0 Å². The molecule has 2 rings (SSSR count). The Morgan fingerprint density at radius 2 is 2.09 bits per heavy atom. The molecule has 0 aliphatic heterocycles. The van der Waals surface area contributed by atoms with E-state index < -0.39 is 5.60 Å². The lowest BCUT2D eigenvalue weighted by Crippen LogP contribution is -2.47. The van der Waals surface area contributed by atoms with E-state index in [2.05, 4.69) is 19.2 Å². The molecule has 1 aliphatic rings. The fourth-order valence-electron chi connectivity index (χ4n) is 3.20. The van der Waals surface area contributed by atoms with E-state index in [4.69, 9.17) is 9.47 Å². The van der Waals surface area contributed by atoms with Crippen molar-refractivity contribution < 1.29 is 14.3 Å². The van der Waals surface area contributed by atoms with Crippen molar-refractivity contribution in [3.8, 4) is 5.75 Å². The van der Waals surface area contributed by atoms with Crippen LogP contribution >= 0.6 is 0 Å². The van der Waals surface area contributed by atoms with E-state index in [-0.39, 0.29) is 5.91 Å². The van der Waals surface area contributed by atoms with Gasteiger partial charge in [-0.05, 0) is 55.9 Å². The zero-order valence-corrected chi connectivity index (χ0v) is 14.6. The number of methoxy groups -OCH3 is 1. The predicted molar refractivity (Wildman–Crippen MR) is 92.8 cm³/mol. The normalized spacial score (nSPS) is 24.2. The molecular formula is C19H29NO3. The first-order valence-corrected chi connectivity index (χ1v) is 8.69. The van der Waals surface area contributed by atoms with Crippen LogP contribution in [0.25, 0.3) is 0 Å². The maximum Gasteiger partial charge on any atom is 0.256 e. The van der Waals surface area contributed by atoms with Crippen molar-refractivity contribution in [2.45, 2.75) is 58.0 Å². The van der Waals surface area contributed by atoms with Crippen LogP contribution in [-0.2, 0) is 9.53 Å². The van der Waals surface area contributed by atoms with E-state index >= 15 is 0 Å². The lowest BCUT2D eigenvalue weighted by atomic mass is 9.78. The molecule has 4 heteroatoms. The molecule has 4 nitrogen and oxygen atoms in total. The van der Waals surface area contributed by atoms with Crippen LogP contribution in [0, 0.1) is 5.92 Å². The third kappa shape index (κ3) is 4.71. The van der Waals surface area contributed by atoms with E-state index in [1.807, 2.05) is 24.3 Å². The molecule has 1 saturated carbocycles. The number of unbranched alkanes of at least 4 members (excludes halogenated alkanes) is 1. The zero-order valence-electron chi connectivity index (χ0n) is 14.6. The second-order valence-electron chi connectivity index (χ2n) is 6.58. The molecule has 0 bridgehead atoms. The minimum atomic E-state index is -0.687. The van der Waals surface area contributed by atoms with E-state index in [0.717, 1.165) is 50.1 Å². The molecule has 1 amide bonds. The Morgan fingerprint density at radius 1 is 1.35 bits per heavy atom. The zero-order chi connectivity index (χ0) is 16.7. The number of benzene rings is 1. The van der Waals surface area contributed by atoms with E-state index in [1.54, 1.807) is 7.11 Å². The second-order valence-corrected chi connectivity index (χ2v) is 6.58. The largest absolute Gasteiger partial charge is 0.494 e. The van der Waals surface area contributed by atoms with E-state index in [9.17, 15) is 4.79 Å². The van der Waals surface area contributed by atoms with Crippen LogP contribution in [0.4, 0.5) is 5.69 Å². The molecule has 0 radical (unpaired) electrons. The van der Waals surface area contributed by atoms with Crippen molar-refractivity contribution in [3.05, 3.63) is 24.3 Å². The maximum atomic E-state index is 12.7. The van der Waals surface area contributed by atoms with Gasteiger partial charge < -0.3 is 14.8 Å². The van der Waals surface area contributed by atoms with E-state index in [1.165, 1.54) is 6.42 Å². The summed E-state index contributed by atoms with van der Waals surface area (Å²) in [7, 11) is 1.64. The lowest BCUT2D eigenvalue weighted by molar-refractivity contribution is -0.143. The molecule has 2 atom stereocenters. The van der Waals surface area contributed by atoms with Crippen molar-refractivity contribution in [3.63, 3.8) is 0 Å². The average molecular weight is 319 g/mol. The Hall–Kier alpha value is -1.55. The van der Waals surface area contributed by atoms with Gasteiger partial charge in [0.05, 0.1) is 6.61 Å². The number of carbonyl (C=O) groups excluding carboxylic acids is 1. The summed E-state index contributed by atoms with van der Waals surface area (Å²) in [5.41, 5.74) is 0.0982. The van der Waals surface area contributed by atoms with Crippen LogP contribution in [0.2, 0.25) is 0 Å². The molecule has 23 heavy (non-hydrogen) atoms. The summed E-state index contributed by atoms with van der Waals surface area (Å²) in [6.07, 6.45) is 5.94. The fourth-order valence-corrected chi connectivity index (χ4v) is 3.20. The molecule has 0 saturated heterocycles. The SMILES string of the molecule is CCCCOc1ccc(NC(=O)[C@@]2(OC)CCC[C@H](C)C2)cc1. The Bertz CT molecular complexity index is 500. The number of hydrogen-bond donors (Lipinski definition) is 1. The Kier molecular flexibility index (Phi) is 6.46. The summed E-state index contributed by atoms with van der Waals surface area (Å²) in [6.45, 7) is 5.05.